The molecule has 106 valence electrons. The van der Waals surface area contributed by atoms with Crippen molar-refractivity contribution < 1.29 is 27.4 Å². The first-order valence-electron chi connectivity index (χ1n) is 4.90. The molecule has 0 saturated heterocycles. The quantitative estimate of drug-likeness (QED) is 0.679. The van der Waals surface area contributed by atoms with E-state index in [1.807, 2.05) is 0 Å². The molecule has 0 spiro atoms. The van der Waals surface area contributed by atoms with Gasteiger partial charge < -0.3 is 14.5 Å². The van der Waals surface area contributed by atoms with Crippen molar-refractivity contribution in [2.45, 2.75) is 18.7 Å². The molecule has 0 saturated carbocycles. The van der Waals surface area contributed by atoms with Gasteiger partial charge in [0.15, 0.2) is 5.43 Å². The number of ether oxygens (including phenoxy) is 2. The number of nitrogens with one attached hydrogen (secondary N) is 1. The maximum Gasteiger partial charge on any atom is 0.574 e. The Morgan fingerprint density at radius 2 is 2.11 bits per heavy atom. The average molecular weight is 300 g/mol. The van der Waals surface area contributed by atoms with Crippen LogP contribution in [0.4, 0.5) is 13.2 Å². The minimum Gasteiger partial charge on any atom is -0.469 e. The molecule has 0 radical (unpaired) electrons. The number of halogens is 4. The van der Waals surface area contributed by atoms with Crippen LogP contribution >= 0.6 is 11.6 Å². The van der Waals surface area contributed by atoms with E-state index < -0.39 is 30.1 Å². The summed E-state index contributed by atoms with van der Waals surface area (Å²) in [7, 11) is 1.11. The van der Waals surface area contributed by atoms with E-state index in [2.05, 4.69) is 14.5 Å². The van der Waals surface area contributed by atoms with Gasteiger partial charge >= 0.3 is 12.3 Å². The first-order valence-corrected chi connectivity index (χ1v) is 5.44. The summed E-state index contributed by atoms with van der Waals surface area (Å²) in [5, 5.41) is 0. The number of rotatable bonds is 4. The highest BCUT2D eigenvalue weighted by molar-refractivity contribution is 6.17. The fraction of sp³-hybridized carbons (Fsp3) is 0.400. The molecule has 1 rings (SSSR count). The fourth-order valence-electron chi connectivity index (χ4n) is 1.31. The molecular weight excluding hydrogens is 291 g/mol. The van der Waals surface area contributed by atoms with Gasteiger partial charge in [0, 0.05) is 17.3 Å². The Morgan fingerprint density at radius 1 is 1.47 bits per heavy atom. The minimum atomic E-state index is -4.95. The SMILES string of the molecule is COC(=O)Cc1[nH]c(OC(F)(F)F)cc(=O)c1CCl. The average Bonchev–Trinajstić information content (AvgIpc) is 2.26. The highest BCUT2D eigenvalue weighted by atomic mass is 35.5. The lowest BCUT2D eigenvalue weighted by molar-refractivity contribution is -0.276. The maximum absolute atomic E-state index is 12.1. The van der Waals surface area contributed by atoms with Crippen molar-refractivity contribution in [1.29, 1.82) is 0 Å². The van der Waals surface area contributed by atoms with Gasteiger partial charge in [-0.25, -0.2) is 0 Å². The number of hydrogen-bond donors (Lipinski definition) is 1. The van der Waals surface area contributed by atoms with E-state index >= 15 is 0 Å². The van der Waals surface area contributed by atoms with Crippen LogP contribution in [0.3, 0.4) is 0 Å². The molecule has 1 N–H and O–H groups in total. The maximum atomic E-state index is 12.1. The van der Waals surface area contributed by atoms with Gasteiger partial charge in [-0.1, -0.05) is 0 Å². The zero-order valence-electron chi connectivity index (χ0n) is 9.64. The van der Waals surface area contributed by atoms with Crippen LogP contribution in [-0.4, -0.2) is 24.4 Å². The van der Waals surface area contributed by atoms with Crippen LogP contribution in [0.2, 0.25) is 0 Å². The van der Waals surface area contributed by atoms with Crippen LogP contribution in [0.25, 0.3) is 0 Å². The molecule has 0 aliphatic heterocycles. The summed E-state index contributed by atoms with van der Waals surface area (Å²) < 4.78 is 44.1. The van der Waals surface area contributed by atoms with Crippen LogP contribution in [-0.2, 0) is 21.8 Å². The van der Waals surface area contributed by atoms with Gasteiger partial charge in [-0.2, -0.15) is 0 Å². The number of alkyl halides is 4. The predicted octanol–water partition coefficient (Wildman–Crippen LogP) is 1.73. The van der Waals surface area contributed by atoms with Crippen molar-refractivity contribution in [3.63, 3.8) is 0 Å². The number of hydrogen-bond acceptors (Lipinski definition) is 4. The predicted molar refractivity (Wildman–Crippen MR) is 59.0 cm³/mol. The first kappa shape index (κ1) is 15.4. The second kappa shape index (κ2) is 5.96. The molecule has 0 aromatic carbocycles. The zero-order valence-corrected chi connectivity index (χ0v) is 10.4. The number of carbonyl (C=O) groups excluding carboxylic acids is 1. The molecule has 1 heterocycles. The lowest BCUT2D eigenvalue weighted by Gasteiger charge is -2.12. The summed E-state index contributed by atoms with van der Waals surface area (Å²) >= 11 is 5.51. The van der Waals surface area contributed by atoms with E-state index in [9.17, 15) is 22.8 Å². The Morgan fingerprint density at radius 3 is 2.58 bits per heavy atom. The van der Waals surface area contributed by atoms with Gasteiger partial charge in [0.25, 0.3) is 0 Å². The van der Waals surface area contributed by atoms with E-state index in [-0.39, 0.29) is 17.1 Å². The lowest BCUT2D eigenvalue weighted by atomic mass is 10.1. The van der Waals surface area contributed by atoms with Gasteiger partial charge in [0.1, 0.15) is 0 Å². The summed E-state index contributed by atoms with van der Waals surface area (Å²) in [6.45, 7) is 0. The van der Waals surface area contributed by atoms with E-state index in [4.69, 9.17) is 11.6 Å². The Kier molecular flexibility index (Phi) is 4.82. The van der Waals surface area contributed by atoms with E-state index in [0.717, 1.165) is 7.11 Å². The Labute approximate surface area is 110 Å². The molecule has 19 heavy (non-hydrogen) atoms. The molecule has 0 amide bonds. The zero-order chi connectivity index (χ0) is 14.6. The van der Waals surface area contributed by atoms with Gasteiger partial charge in [-0.3, -0.25) is 9.59 Å². The molecule has 0 aliphatic carbocycles. The molecular formula is C10H9ClF3NO4. The van der Waals surface area contributed by atoms with E-state index in [1.54, 1.807) is 0 Å². The number of aromatic nitrogens is 1. The summed E-state index contributed by atoms with van der Waals surface area (Å²) in [6, 6.07) is 0.617. The number of carbonyl (C=O) groups is 1. The summed E-state index contributed by atoms with van der Waals surface area (Å²) in [5.74, 6) is -1.80. The minimum absolute atomic E-state index is 0.0124. The van der Waals surface area contributed by atoms with Crippen LogP contribution in [0, 0.1) is 0 Å². The largest absolute Gasteiger partial charge is 0.574 e. The molecule has 0 fully saturated rings. The molecule has 0 bridgehead atoms. The normalized spacial score (nSPS) is 11.2. The van der Waals surface area contributed by atoms with Crippen LogP contribution in [0.15, 0.2) is 10.9 Å². The Balaban J connectivity index is 3.18. The van der Waals surface area contributed by atoms with Crippen molar-refractivity contribution in [2.24, 2.45) is 0 Å². The number of pyridine rings is 1. The summed E-state index contributed by atoms with van der Waals surface area (Å²) in [4.78, 5) is 24.8. The van der Waals surface area contributed by atoms with Crippen LogP contribution in [0.1, 0.15) is 11.3 Å². The molecule has 0 aliphatic rings. The monoisotopic (exact) mass is 299 g/mol. The van der Waals surface area contributed by atoms with Crippen LogP contribution in [0.5, 0.6) is 5.88 Å². The third kappa shape index (κ3) is 4.47. The summed E-state index contributed by atoms with van der Waals surface area (Å²) in [6.07, 6.45) is -5.36. The van der Waals surface area contributed by atoms with E-state index in [0.29, 0.717) is 6.07 Å². The van der Waals surface area contributed by atoms with Crippen molar-refractivity contribution in [3.8, 4) is 5.88 Å². The lowest BCUT2D eigenvalue weighted by Crippen LogP contribution is -2.22. The van der Waals surface area contributed by atoms with Crippen molar-refractivity contribution in [1.82, 2.24) is 4.98 Å². The molecule has 9 heteroatoms. The second-order valence-corrected chi connectivity index (χ2v) is 3.66. The van der Waals surface area contributed by atoms with Crippen LogP contribution < -0.4 is 10.2 Å². The molecule has 1 aromatic heterocycles. The number of esters is 1. The molecule has 0 atom stereocenters. The Hall–Kier alpha value is -1.70. The van der Waals surface area contributed by atoms with Gasteiger partial charge in [0.2, 0.25) is 5.88 Å². The first-order chi connectivity index (χ1) is 8.76. The van der Waals surface area contributed by atoms with Crippen molar-refractivity contribution in [3.05, 3.63) is 27.5 Å². The molecule has 5 nitrogen and oxygen atoms in total. The standard InChI is InChI=1S/C10H9ClF3NO4/c1-18-9(17)2-6-5(4-11)7(16)3-8(15-6)19-10(12,13)14/h3H,2,4H2,1H3,(H,15,16). The summed E-state index contributed by atoms with van der Waals surface area (Å²) in [5.41, 5.74) is -0.845. The van der Waals surface area contributed by atoms with Crippen molar-refractivity contribution >= 4 is 17.6 Å². The third-order valence-corrected chi connectivity index (χ3v) is 2.37. The topological polar surface area (TPSA) is 68.4 Å². The number of methoxy groups -OCH3 is 1. The molecule has 1 aromatic rings. The second-order valence-electron chi connectivity index (χ2n) is 3.39. The van der Waals surface area contributed by atoms with E-state index in [1.165, 1.54) is 0 Å². The Bertz CT molecular complexity index is 526. The highest BCUT2D eigenvalue weighted by Gasteiger charge is 2.32. The molecule has 0 unspecified atom stereocenters. The number of aromatic amines is 1. The third-order valence-electron chi connectivity index (χ3n) is 2.11. The fourth-order valence-corrected chi connectivity index (χ4v) is 1.60. The van der Waals surface area contributed by atoms with Gasteiger partial charge in [-0.15, -0.1) is 24.8 Å². The van der Waals surface area contributed by atoms with Gasteiger partial charge in [-0.05, 0) is 0 Å². The van der Waals surface area contributed by atoms with Gasteiger partial charge in [0.05, 0.1) is 19.4 Å². The smallest absolute Gasteiger partial charge is 0.469 e. The van der Waals surface area contributed by atoms with Crippen molar-refractivity contribution in [2.75, 3.05) is 7.11 Å². The highest BCUT2D eigenvalue weighted by Crippen LogP contribution is 2.21. The number of H-pyrrole nitrogens is 1.